The summed E-state index contributed by atoms with van der Waals surface area (Å²) in [4.78, 5) is 42.7. The minimum Gasteiger partial charge on any atom is -0.355 e. The highest BCUT2D eigenvalue weighted by molar-refractivity contribution is 6.35. The summed E-state index contributed by atoms with van der Waals surface area (Å²) in [5.41, 5.74) is 2.28. The third-order valence-electron chi connectivity index (χ3n) is 6.51. The summed E-state index contributed by atoms with van der Waals surface area (Å²) in [5, 5.41) is 5.76. The van der Waals surface area contributed by atoms with E-state index in [2.05, 4.69) is 5.32 Å². The van der Waals surface area contributed by atoms with Gasteiger partial charge in [-0.3, -0.25) is 14.4 Å². The van der Waals surface area contributed by atoms with Crippen molar-refractivity contribution in [1.29, 1.82) is 0 Å². The van der Waals surface area contributed by atoms with E-state index in [1.54, 1.807) is 28.0 Å². The number of likely N-dealkylation sites (N-methyl/N-ethyl adjacent to an activating group) is 1. The van der Waals surface area contributed by atoms with Crippen molar-refractivity contribution in [2.24, 2.45) is 0 Å². The predicted octanol–water partition coefficient (Wildman–Crippen LogP) is 5.83. The van der Waals surface area contributed by atoms with Crippen molar-refractivity contribution in [2.75, 3.05) is 18.0 Å². The summed E-state index contributed by atoms with van der Waals surface area (Å²) in [7, 11) is 0. The van der Waals surface area contributed by atoms with Crippen LogP contribution in [-0.4, -0.2) is 41.8 Å². The number of halogens is 2. The predicted molar refractivity (Wildman–Crippen MR) is 145 cm³/mol. The van der Waals surface area contributed by atoms with E-state index in [9.17, 15) is 14.4 Å². The molecular weight excluding hydrogens is 497 g/mol. The van der Waals surface area contributed by atoms with Gasteiger partial charge in [0.1, 0.15) is 6.04 Å². The molecule has 1 heterocycles. The number of hydrogen-bond acceptors (Lipinski definition) is 3. The second-order valence-corrected chi connectivity index (χ2v) is 9.66. The normalized spacial score (nSPS) is 13.2. The lowest BCUT2D eigenvalue weighted by atomic mass is 10.1. The molecule has 3 aromatic carbocycles. The van der Waals surface area contributed by atoms with Crippen LogP contribution in [0.1, 0.15) is 49.0 Å². The Bertz CT molecular complexity index is 1310. The molecule has 3 amide bonds. The van der Waals surface area contributed by atoms with Crippen LogP contribution in [0.3, 0.4) is 0 Å². The molecule has 3 aromatic rings. The van der Waals surface area contributed by atoms with Crippen LogP contribution in [-0.2, 0) is 16.1 Å². The first-order chi connectivity index (χ1) is 17.3. The van der Waals surface area contributed by atoms with Crippen molar-refractivity contribution in [3.05, 3.63) is 75.8 Å². The largest absolute Gasteiger partial charge is 0.355 e. The van der Waals surface area contributed by atoms with E-state index in [0.717, 1.165) is 16.5 Å². The monoisotopic (exact) mass is 525 g/mol. The van der Waals surface area contributed by atoms with Crippen LogP contribution in [0.2, 0.25) is 10.0 Å². The molecule has 0 radical (unpaired) electrons. The lowest BCUT2D eigenvalue weighted by Gasteiger charge is -2.31. The number of anilines is 1. The van der Waals surface area contributed by atoms with Gasteiger partial charge in [-0.15, -0.1) is 0 Å². The molecule has 8 heteroatoms. The Hall–Kier alpha value is -3.09. The first-order valence-corrected chi connectivity index (χ1v) is 13.0. The van der Waals surface area contributed by atoms with Crippen LogP contribution in [0.4, 0.5) is 5.69 Å². The van der Waals surface area contributed by atoms with Crippen molar-refractivity contribution in [3.8, 4) is 0 Å². The van der Waals surface area contributed by atoms with E-state index >= 15 is 0 Å². The maximum absolute atomic E-state index is 13.5. The summed E-state index contributed by atoms with van der Waals surface area (Å²) >= 11 is 12.4. The third-order valence-corrected chi connectivity index (χ3v) is 7.10. The number of hydrogen-bond donors (Lipinski definition) is 1. The Morgan fingerprint density at radius 2 is 1.81 bits per heavy atom. The van der Waals surface area contributed by atoms with Crippen molar-refractivity contribution in [1.82, 2.24) is 10.2 Å². The fourth-order valence-electron chi connectivity index (χ4n) is 4.78. The van der Waals surface area contributed by atoms with Crippen LogP contribution in [0.15, 0.2) is 54.6 Å². The minimum atomic E-state index is -0.629. The minimum absolute atomic E-state index is 0.0483. The Balaban J connectivity index is 1.50. The summed E-state index contributed by atoms with van der Waals surface area (Å²) in [6.45, 7) is 4.80. The first-order valence-electron chi connectivity index (χ1n) is 12.2. The van der Waals surface area contributed by atoms with Crippen molar-refractivity contribution >= 4 is 57.4 Å². The fraction of sp³-hybridized carbons (Fsp3) is 0.321. The second-order valence-electron chi connectivity index (χ2n) is 8.82. The molecule has 0 aromatic heterocycles. The molecule has 0 fully saturated rings. The van der Waals surface area contributed by atoms with Gasteiger partial charge in [0, 0.05) is 47.1 Å². The lowest BCUT2D eigenvalue weighted by molar-refractivity contribution is -0.141. The topological polar surface area (TPSA) is 69.7 Å². The highest BCUT2D eigenvalue weighted by Gasteiger charge is 2.31. The van der Waals surface area contributed by atoms with E-state index in [1.165, 1.54) is 0 Å². The van der Waals surface area contributed by atoms with Crippen LogP contribution < -0.4 is 10.2 Å². The second kappa shape index (κ2) is 11.3. The molecular formula is C28H29Cl2N3O3. The number of carbonyl (C=O) groups is 3. The summed E-state index contributed by atoms with van der Waals surface area (Å²) in [6, 6.07) is 16.1. The molecule has 0 aliphatic carbocycles. The maximum Gasteiger partial charge on any atom is 0.258 e. The molecule has 6 nitrogen and oxygen atoms in total. The Morgan fingerprint density at radius 3 is 2.50 bits per heavy atom. The SMILES string of the molecule is CCNC(=O)[C@H](CC)N(Cc1ccc(Cl)cc1Cl)C(=O)CCCN1C(=O)c2cccc3cccc1c23. The Labute approximate surface area is 221 Å². The van der Waals surface area contributed by atoms with Crippen molar-refractivity contribution in [3.63, 3.8) is 0 Å². The van der Waals surface area contributed by atoms with Gasteiger partial charge in [0.15, 0.2) is 0 Å². The zero-order chi connectivity index (χ0) is 25.8. The molecule has 0 saturated carbocycles. The molecule has 0 bridgehead atoms. The highest BCUT2D eigenvalue weighted by Crippen LogP contribution is 2.37. The van der Waals surface area contributed by atoms with Gasteiger partial charge in [-0.05, 0) is 55.0 Å². The van der Waals surface area contributed by atoms with Gasteiger partial charge in [0.25, 0.3) is 5.91 Å². The summed E-state index contributed by atoms with van der Waals surface area (Å²) < 4.78 is 0. The molecule has 36 heavy (non-hydrogen) atoms. The lowest BCUT2D eigenvalue weighted by Crippen LogP contribution is -2.49. The van der Waals surface area contributed by atoms with Crippen LogP contribution in [0, 0.1) is 0 Å². The quantitative estimate of drug-likeness (QED) is 0.362. The number of carbonyl (C=O) groups excluding carboxylic acids is 3. The number of rotatable bonds is 10. The summed E-state index contributed by atoms with van der Waals surface area (Å²) in [5.74, 6) is -0.412. The molecule has 1 N–H and O–H groups in total. The van der Waals surface area contributed by atoms with Gasteiger partial charge in [-0.1, -0.05) is 60.5 Å². The average molecular weight is 526 g/mol. The van der Waals surface area contributed by atoms with Gasteiger partial charge in [0.2, 0.25) is 11.8 Å². The molecule has 188 valence electrons. The summed E-state index contributed by atoms with van der Waals surface area (Å²) in [6.07, 6.45) is 1.12. The Morgan fingerprint density at radius 1 is 1.06 bits per heavy atom. The van der Waals surface area contributed by atoms with Gasteiger partial charge < -0.3 is 15.1 Å². The van der Waals surface area contributed by atoms with Crippen molar-refractivity contribution < 1.29 is 14.4 Å². The van der Waals surface area contributed by atoms with Crippen molar-refractivity contribution in [2.45, 2.75) is 45.7 Å². The molecule has 1 atom stereocenters. The highest BCUT2D eigenvalue weighted by atomic mass is 35.5. The Kier molecular flexibility index (Phi) is 8.17. The van der Waals surface area contributed by atoms with Crippen LogP contribution >= 0.6 is 23.2 Å². The average Bonchev–Trinajstić information content (AvgIpc) is 3.13. The van der Waals surface area contributed by atoms with E-state index < -0.39 is 6.04 Å². The molecule has 1 aliphatic rings. The fourth-order valence-corrected chi connectivity index (χ4v) is 5.25. The van der Waals surface area contributed by atoms with E-state index in [4.69, 9.17) is 23.2 Å². The van der Waals surface area contributed by atoms with Crippen LogP contribution in [0.25, 0.3) is 10.8 Å². The van der Waals surface area contributed by atoms with E-state index in [1.807, 2.05) is 50.2 Å². The number of nitrogens with zero attached hydrogens (tertiary/aromatic N) is 2. The number of amides is 3. The smallest absolute Gasteiger partial charge is 0.258 e. The molecule has 0 spiro atoms. The molecule has 1 aliphatic heterocycles. The van der Waals surface area contributed by atoms with Gasteiger partial charge in [0.05, 0.1) is 5.69 Å². The van der Waals surface area contributed by atoms with E-state index in [-0.39, 0.29) is 30.7 Å². The molecule has 0 saturated heterocycles. The maximum atomic E-state index is 13.5. The molecule has 0 unspecified atom stereocenters. The number of benzene rings is 3. The molecule has 4 rings (SSSR count). The standard InChI is InChI=1S/C28H29Cl2N3O3/c1-3-23(27(35)31-4-2)33(17-19-13-14-20(29)16-22(19)30)25(34)12-7-15-32-24-11-6-9-18-8-5-10-21(26(18)24)28(32)36/h5-6,8-11,13-14,16,23H,3-4,7,12,15,17H2,1-2H3,(H,31,35)/t23-/m0/s1. The third kappa shape index (κ3) is 5.20. The first kappa shape index (κ1) is 26.0. The van der Waals surface area contributed by atoms with Gasteiger partial charge in [-0.2, -0.15) is 0 Å². The van der Waals surface area contributed by atoms with Crippen LogP contribution in [0.5, 0.6) is 0 Å². The number of nitrogens with one attached hydrogen (secondary N) is 1. The van der Waals surface area contributed by atoms with E-state index in [0.29, 0.717) is 47.1 Å². The van der Waals surface area contributed by atoms with Gasteiger partial charge in [-0.25, -0.2) is 0 Å². The van der Waals surface area contributed by atoms with Gasteiger partial charge >= 0.3 is 0 Å². The zero-order valence-corrected chi connectivity index (χ0v) is 21.9. The zero-order valence-electron chi connectivity index (χ0n) is 20.4.